The molecule has 0 aromatic heterocycles. The second-order valence-electron chi connectivity index (χ2n) is 6.36. The van der Waals surface area contributed by atoms with E-state index in [9.17, 15) is 9.59 Å². The predicted octanol–water partition coefficient (Wildman–Crippen LogP) is 2.42. The number of amides is 2. The van der Waals surface area contributed by atoms with E-state index in [2.05, 4.69) is 10.6 Å². The first kappa shape index (κ1) is 14.1. The number of carbonyl (C=O) groups excluding carboxylic acids is 2. The minimum absolute atomic E-state index is 0.0311. The van der Waals surface area contributed by atoms with E-state index in [4.69, 9.17) is 4.74 Å². The largest absolute Gasteiger partial charge is 0.368 e. The van der Waals surface area contributed by atoms with Crippen molar-refractivity contribution in [2.45, 2.75) is 44.6 Å². The lowest BCUT2D eigenvalue weighted by Gasteiger charge is -2.32. The smallest absolute Gasteiger partial charge is 0.253 e. The molecule has 1 saturated heterocycles. The van der Waals surface area contributed by atoms with Gasteiger partial charge < -0.3 is 15.4 Å². The highest BCUT2D eigenvalue weighted by Crippen LogP contribution is 2.38. The van der Waals surface area contributed by atoms with Crippen molar-refractivity contribution in [3.63, 3.8) is 0 Å². The Morgan fingerprint density at radius 1 is 1.43 bits per heavy atom. The highest BCUT2D eigenvalue weighted by molar-refractivity contribution is 5.98. The van der Waals surface area contributed by atoms with Crippen molar-refractivity contribution >= 4 is 23.2 Å². The van der Waals surface area contributed by atoms with Gasteiger partial charge in [0.05, 0.1) is 0 Å². The molecule has 0 saturated carbocycles. The van der Waals surface area contributed by atoms with Crippen LogP contribution < -0.4 is 10.6 Å². The number of carbonyl (C=O) groups is 2. The first-order chi connectivity index (χ1) is 9.95. The molecule has 1 atom stereocenters. The van der Waals surface area contributed by atoms with Crippen LogP contribution in [-0.2, 0) is 19.7 Å². The van der Waals surface area contributed by atoms with Gasteiger partial charge in [0.15, 0.2) is 0 Å². The van der Waals surface area contributed by atoms with Gasteiger partial charge in [-0.3, -0.25) is 9.59 Å². The maximum Gasteiger partial charge on any atom is 0.253 e. The van der Waals surface area contributed by atoms with Crippen LogP contribution in [0.5, 0.6) is 0 Å². The van der Waals surface area contributed by atoms with Crippen LogP contribution in [0.2, 0.25) is 0 Å². The van der Waals surface area contributed by atoms with E-state index in [1.54, 1.807) is 0 Å². The topological polar surface area (TPSA) is 67.4 Å². The molecule has 2 heterocycles. The van der Waals surface area contributed by atoms with Crippen molar-refractivity contribution < 1.29 is 14.3 Å². The minimum Gasteiger partial charge on any atom is -0.368 e. The standard InChI is InChI=1S/C16H20N2O3/c1-16(2)9-14(19)18-12-6-5-10(8-11(12)16)17-15(20)13-4-3-7-21-13/h5-6,8,13H,3-4,7,9H2,1-2H3,(H,17,20)(H,18,19)/t13-/m0/s1. The molecule has 5 heteroatoms. The van der Waals surface area contributed by atoms with Gasteiger partial charge in [-0.1, -0.05) is 13.8 Å². The predicted molar refractivity (Wildman–Crippen MR) is 80.3 cm³/mol. The van der Waals surface area contributed by atoms with Gasteiger partial charge in [-0.2, -0.15) is 0 Å². The van der Waals surface area contributed by atoms with Crippen molar-refractivity contribution in [3.8, 4) is 0 Å². The molecule has 1 aromatic rings. The van der Waals surface area contributed by atoms with Crippen molar-refractivity contribution in [1.82, 2.24) is 0 Å². The summed E-state index contributed by atoms with van der Waals surface area (Å²) in [7, 11) is 0. The second kappa shape index (κ2) is 5.15. The zero-order valence-electron chi connectivity index (χ0n) is 12.4. The van der Waals surface area contributed by atoms with Crippen molar-refractivity contribution in [3.05, 3.63) is 23.8 Å². The molecule has 0 radical (unpaired) electrons. The Morgan fingerprint density at radius 2 is 2.24 bits per heavy atom. The number of anilines is 2. The van der Waals surface area contributed by atoms with E-state index in [1.165, 1.54) is 0 Å². The molecule has 0 unspecified atom stereocenters. The minimum atomic E-state index is -0.339. The van der Waals surface area contributed by atoms with Gasteiger partial charge in [0.25, 0.3) is 5.91 Å². The SMILES string of the molecule is CC1(C)CC(=O)Nc2ccc(NC(=O)[C@@H]3CCCO3)cc21. The number of hydrogen-bond donors (Lipinski definition) is 2. The zero-order chi connectivity index (χ0) is 15.0. The van der Waals surface area contributed by atoms with Crippen molar-refractivity contribution in [2.24, 2.45) is 0 Å². The zero-order valence-corrected chi connectivity index (χ0v) is 12.4. The Morgan fingerprint density at radius 3 is 2.95 bits per heavy atom. The summed E-state index contributed by atoms with van der Waals surface area (Å²) in [5.41, 5.74) is 2.39. The van der Waals surface area contributed by atoms with E-state index in [-0.39, 0.29) is 23.3 Å². The molecule has 2 aliphatic rings. The summed E-state index contributed by atoms with van der Waals surface area (Å²) in [5.74, 6) is -0.0613. The third kappa shape index (κ3) is 2.78. The summed E-state index contributed by atoms with van der Waals surface area (Å²) in [6.45, 7) is 4.73. The lowest BCUT2D eigenvalue weighted by molar-refractivity contribution is -0.124. The molecule has 0 aliphatic carbocycles. The van der Waals surface area contributed by atoms with Gasteiger partial charge >= 0.3 is 0 Å². The van der Waals surface area contributed by atoms with Crippen LogP contribution in [0, 0.1) is 0 Å². The highest BCUT2D eigenvalue weighted by atomic mass is 16.5. The van der Waals surface area contributed by atoms with Crippen molar-refractivity contribution in [1.29, 1.82) is 0 Å². The number of nitrogens with one attached hydrogen (secondary N) is 2. The molecule has 3 rings (SSSR count). The van der Waals surface area contributed by atoms with Gasteiger partial charge in [0.2, 0.25) is 5.91 Å². The van der Waals surface area contributed by atoms with Gasteiger partial charge in [0, 0.05) is 29.8 Å². The Bertz CT molecular complexity index is 589. The number of benzene rings is 1. The molecule has 1 aromatic carbocycles. The van der Waals surface area contributed by atoms with E-state index < -0.39 is 0 Å². The van der Waals surface area contributed by atoms with Crippen LogP contribution in [0.3, 0.4) is 0 Å². The number of fused-ring (bicyclic) bond motifs is 1. The fourth-order valence-corrected chi connectivity index (χ4v) is 2.99. The molecule has 0 spiro atoms. The van der Waals surface area contributed by atoms with Crippen LogP contribution >= 0.6 is 0 Å². The van der Waals surface area contributed by atoms with Gasteiger partial charge in [0.1, 0.15) is 6.10 Å². The number of hydrogen-bond acceptors (Lipinski definition) is 3. The molecule has 112 valence electrons. The van der Waals surface area contributed by atoms with E-state index >= 15 is 0 Å². The van der Waals surface area contributed by atoms with E-state index in [1.807, 2.05) is 32.0 Å². The number of ether oxygens (including phenoxy) is 1. The fourth-order valence-electron chi connectivity index (χ4n) is 2.99. The summed E-state index contributed by atoms with van der Waals surface area (Å²) in [4.78, 5) is 23.8. The van der Waals surface area contributed by atoms with Crippen LogP contribution in [0.1, 0.15) is 38.7 Å². The summed E-state index contributed by atoms with van der Waals surface area (Å²) >= 11 is 0. The first-order valence-corrected chi connectivity index (χ1v) is 7.32. The van der Waals surface area contributed by atoms with Gasteiger partial charge in [-0.25, -0.2) is 0 Å². The molecule has 1 fully saturated rings. The molecule has 21 heavy (non-hydrogen) atoms. The number of rotatable bonds is 2. The van der Waals surface area contributed by atoms with Crippen LogP contribution in [0.4, 0.5) is 11.4 Å². The molecular formula is C16H20N2O3. The summed E-state index contributed by atoms with van der Waals surface area (Å²) in [5, 5.41) is 5.78. The Kier molecular flexibility index (Phi) is 3.45. The van der Waals surface area contributed by atoms with E-state index in [0.29, 0.717) is 13.0 Å². The van der Waals surface area contributed by atoms with E-state index in [0.717, 1.165) is 29.8 Å². The molecule has 2 amide bonds. The monoisotopic (exact) mass is 288 g/mol. The van der Waals surface area contributed by atoms with Crippen LogP contribution in [0.15, 0.2) is 18.2 Å². The maximum atomic E-state index is 12.1. The molecule has 0 bridgehead atoms. The lowest BCUT2D eigenvalue weighted by atomic mass is 9.78. The van der Waals surface area contributed by atoms with Crippen LogP contribution in [0.25, 0.3) is 0 Å². The average Bonchev–Trinajstić information content (AvgIpc) is 2.92. The maximum absolute atomic E-state index is 12.1. The third-order valence-corrected chi connectivity index (χ3v) is 4.11. The summed E-state index contributed by atoms with van der Waals surface area (Å²) in [6.07, 6.45) is 1.82. The normalized spacial score (nSPS) is 23.3. The molecule has 2 N–H and O–H groups in total. The first-order valence-electron chi connectivity index (χ1n) is 7.32. The van der Waals surface area contributed by atoms with Crippen molar-refractivity contribution in [2.75, 3.05) is 17.2 Å². The lowest BCUT2D eigenvalue weighted by Crippen LogP contribution is -2.33. The molecular weight excluding hydrogens is 268 g/mol. The van der Waals surface area contributed by atoms with Gasteiger partial charge in [-0.15, -0.1) is 0 Å². The quantitative estimate of drug-likeness (QED) is 0.878. The average molecular weight is 288 g/mol. The Hall–Kier alpha value is -1.88. The third-order valence-electron chi connectivity index (χ3n) is 4.11. The highest BCUT2D eigenvalue weighted by Gasteiger charge is 2.32. The molecule has 2 aliphatic heterocycles. The second-order valence-corrected chi connectivity index (χ2v) is 6.36. The molecule has 5 nitrogen and oxygen atoms in total. The summed E-state index contributed by atoms with van der Waals surface area (Å²) in [6, 6.07) is 5.61. The van der Waals surface area contributed by atoms with Gasteiger partial charge in [-0.05, 0) is 36.6 Å². The summed E-state index contributed by atoms with van der Waals surface area (Å²) < 4.78 is 5.39. The Labute approximate surface area is 124 Å². The Balaban J connectivity index is 1.82. The van der Waals surface area contributed by atoms with Crippen LogP contribution in [-0.4, -0.2) is 24.5 Å². The fraction of sp³-hybridized carbons (Fsp3) is 0.500.